The summed E-state index contributed by atoms with van der Waals surface area (Å²) in [5.41, 5.74) is 2.87. The van der Waals surface area contributed by atoms with Crippen LogP contribution in [0, 0.1) is 0 Å². The van der Waals surface area contributed by atoms with Gasteiger partial charge in [-0.1, -0.05) is 115 Å². The maximum absolute atomic E-state index is 13.9. The second kappa shape index (κ2) is 15.6. The van der Waals surface area contributed by atoms with Gasteiger partial charge in [0.25, 0.3) is 0 Å². The zero-order valence-electron chi connectivity index (χ0n) is 28.3. The molecule has 8 heteroatoms. The number of methoxy groups -OCH3 is 1. The van der Waals surface area contributed by atoms with Crippen LogP contribution in [0.2, 0.25) is 0 Å². The minimum absolute atomic E-state index is 0.192. The first-order valence-corrected chi connectivity index (χ1v) is 17.0. The van der Waals surface area contributed by atoms with Crippen molar-refractivity contribution in [2.24, 2.45) is 0 Å². The molecule has 3 atom stereocenters. The molecule has 0 saturated heterocycles. The van der Waals surface area contributed by atoms with Crippen molar-refractivity contribution in [1.29, 1.82) is 0 Å². The van der Waals surface area contributed by atoms with Gasteiger partial charge in [-0.25, -0.2) is 4.79 Å². The maximum Gasteiger partial charge on any atom is 0.328 e. The van der Waals surface area contributed by atoms with Crippen LogP contribution in [0.5, 0.6) is 0 Å². The quantitative estimate of drug-likeness (QED) is 0.0969. The summed E-state index contributed by atoms with van der Waals surface area (Å²) in [7, 11) is 1.25. The van der Waals surface area contributed by atoms with Gasteiger partial charge in [0.05, 0.1) is 7.11 Å². The molecule has 8 nitrogen and oxygen atoms in total. The summed E-state index contributed by atoms with van der Waals surface area (Å²) in [6.45, 7) is 1.52. The highest BCUT2D eigenvalue weighted by Gasteiger charge is 2.29. The average Bonchev–Trinajstić information content (AvgIpc) is 3.14. The van der Waals surface area contributed by atoms with E-state index >= 15 is 0 Å². The number of carbonyl (C=O) groups excluding carboxylic acids is 4. The first-order valence-electron chi connectivity index (χ1n) is 17.0. The number of carbonyl (C=O) groups is 4. The summed E-state index contributed by atoms with van der Waals surface area (Å²) in [6, 6.07) is 35.2. The molecule has 6 aromatic carbocycles. The van der Waals surface area contributed by atoms with Crippen molar-refractivity contribution in [3.63, 3.8) is 0 Å². The number of ether oxygens (including phenoxy) is 1. The minimum atomic E-state index is -0.998. The fraction of sp³-hybridized carbons (Fsp3) is 0.238. The Morgan fingerprint density at radius 3 is 1.76 bits per heavy atom. The zero-order chi connectivity index (χ0) is 35.0. The third-order valence-electron chi connectivity index (χ3n) is 9.23. The molecule has 0 unspecified atom stereocenters. The Kier molecular flexibility index (Phi) is 10.7. The average molecular weight is 668 g/mol. The summed E-state index contributed by atoms with van der Waals surface area (Å²) in [5, 5.41) is 15.8. The molecule has 0 radical (unpaired) electrons. The van der Waals surface area contributed by atoms with Gasteiger partial charge >= 0.3 is 5.97 Å². The van der Waals surface area contributed by atoms with E-state index in [4.69, 9.17) is 4.74 Å². The first kappa shape index (κ1) is 34.1. The Hall–Kier alpha value is -5.76. The van der Waals surface area contributed by atoms with Crippen LogP contribution in [-0.4, -0.2) is 48.9 Å². The number of amides is 3. The molecule has 3 N–H and O–H groups in total. The molecule has 0 aliphatic rings. The summed E-state index contributed by atoms with van der Waals surface area (Å²) in [5.74, 6) is -1.87. The number of esters is 1. The smallest absolute Gasteiger partial charge is 0.328 e. The van der Waals surface area contributed by atoms with Crippen molar-refractivity contribution in [3.8, 4) is 0 Å². The second-order valence-electron chi connectivity index (χ2n) is 12.7. The van der Waals surface area contributed by atoms with Crippen LogP contribution < -0.4 is 16.0 Å². The molecule has 0 aliphatic heterocycles. The van der Waals surface area contributed by atoms with Crippen LogP contribution in [0.15, 0.2) is 115 Å². The Balaban J connectivity index is 1.16. The van der Waals surface area contributed by atoms with E-state index in [0.717, 1.165) is 11.1 Å². The highest BCUT2D eigenvalue weighted by Crippen LogP contribution is 2.36. The molecule has 254 valence electrons. The fourth-order valence-electron chi connectivity index (χ4n) is 6.66. The normalized spacial score (nSPS) is 13.1. The van der Waals surface area contributed by atoms with Crippen molar-refractivity contribution >= 4 is 56.0 Å². The van der Waals surface area contributed by atoms with Gasteiger partial charge in [0.1, 0.15) is 18.1 Å². The number of rotatable bonds is 14. The molecule has 50 heavy (non-hydrogen) atoms. The van der Waals surface area contributed by atoms with E-state index in [-0.39, 0.29) is 25.2 Å². The number of nitrogens with one attached hydrogen (secondary N) is 3. The monoisotopic (exact) mass is 667 g/mol. The molecule has 3 amide bonds. The lowest BCUT2D eigenvalue weighted by Gasteiger charge is -2.24. The van der Waals surface area contributed by atoms with Crippen LogP contribution in [-0.2, 0) is 43.2 Å². The molecular weight excluding hydrogens is 626 g/mol. The van der Waals surface area contributed by atoms with Crippen LogP contribution in [0.1, 0.15) is 36.5 Å². The molecular formula is C42H41N3O5. The number of hydrogen-bond acceptors (Lipinski definition) is 5. The number of hydrogen-bond donors (Lipinski definition) is 3. The lowest BCUT2D eigenvalue weighted by Crippen LogP contribution is -2.56. The van der Waals surface area contributed by atoms with E-state index in [1.807, 2.05) is 60.7 Å². The molecule has 6 rings (SSSR count). The third-order valence-corrected chi connectivity index (χ3v) is 9.23. The second-order valence-corrected chi connectivity index (χ2v) is 12.7. The number of benzene rings is 6. The Labute approximate surface area is 291 Å². The zero-order valence-corrected chi connectivity index (χ0v) is 28.3. The summed E-state index contributed by atoms with van der Waals surface area (Å²) in [6.07, 6.45) is 1.96. The van der Waals surface area contributed by atoms with Gasteiger partial charge in [-0.3, -0.25) is 14.4 Å². The molecule has 0 aromatic heterocycles. The molecule has 0 saturated carbocycles. The van der Waals surface area contributed by atoms with E-state index in [9.17, 15) is 19.2 Å². The van der Waals surface area contributed by atoms with Crippen LogP contribution in [0.3, 0.4) is 0 Å². The van der Waals surface area contributed by atoms with Crippen molar-refractivity contribution in [2.45, 2.75) is 57.2 Å². The topological polar surface area (TPSA) is 114 Å². The van der Waals surface area contributed by atoms with E-state index in [0.29, 0.717) is 12.8 Å². The molecule has 0 aliphatic carbocycles. The van der Waals surface area contributed by atoms with Crippen molar-refractivity contribution < 1.29 is 23.9 Å². The van der Waals surface area contributed by atoms with E-state index in [1.54, 1.807) is 0 Å². The predicted molar refractivity (Wildman–Crippen MR) is 197 cm³/mol. The summed E-state index contributed by atoms with van der Waals surface area (Å²) >= 11 is 0. The summed E-state index contributed by atoms with van der Waals surface area (Å²) < 4.78 is 4.76. The Bertz CT molecular complexity index is 2100. The molecule has 0 spiro atoms. The lowest BCUT2D eigenvalue weighted by atomic mass is 9.90. The predicted octanol–water partition coefficient (Wildman–Crippen LogP) is 6.04. The van der Waals surface area contributed by atoms with Gasteiger partial charge < -0.3 is 20.7 Å². The van der Waals surface area contributed by atoms with Gasteiger partial charge in [-0.15, -0.1) is 0 Å². The van der Waals surface area contributed by atoms with Gasteiger partial charge in [0, 0.05) is 19.3 Å². The van der Waals surface area contributed by atoms with Crippen molar-refractivity contribution in [3.05, 3.63) is 132 Å². The molecule has 6 aromatic rings. The molecule has 0 heterocycles. The highest BCUT2D eigenvalue weighted by molar-refractivity contribution is 6.23. The summed E-state index contributed by atoms with van der Waals surface area (Å²) in [4.78, 5) is 52.7. The SMILES string of the molecule is COC(=O)[C@H](C)NC(=O)[C@H](Cc1ccccc1)NC(=O)[C@H](Cc1ccccc1)NC(=O)CCCc1ccc2ccc3cccc4ccc1c2c34. The number of aryl methyl sites for hydroxylation is 1. The van der Waals surface area contributed by atoms with Crippen molar-refractivity contribution in [2.75, 3.05) is 7.11 Å². The lowest BCUT2D eigenvalue weighted by molar-refractivity contribution is -0.144. The Morgan fingerprint density at radius 2 is 1.14 bits per heavy atom. The van der Waals surface area contributed by atoms with Gasteiger partial charge in [0.2, 0.25) is 17.7 Å². The minimum Gasteiger partial charge on any atom is -0.467 e. The Morgan fingerprint density at radius 1 is 0.600 bits per heavy atom. The van der Waals surface area contributed by atoms with Crippen LogP contribution in [0.25, 0.3) is 32.3 Å². The fourth-order valence-corrected chi connectivity index (χ4v) is 6.66. The van der Waals surface area contributed by atoms with E-state index in [2.05, 4.69) is 70.5 Å². The standard InChI is InChI=1S/C42H41N3O5/c1-27(42(49)50-2)43-40(47)36(26-29-13-7-4-8-14-29)45-41(48)35(25-28-11-5-3-6-12-28)44-37(46)18-10-15-30-19-20-33-22-21-31-16-9-17-32-23-24-34(30)39(33)38(31)32/h3-9,11-14,16-17,19-24,27,35-36H,10,15,18,25-26H2,1-2H3,(H,43,47)(H,44,46)(H,45,48)/t27-,35-,36-/m0/s1. The van der Waals surface area contributed by atoms with Gasteiger partial charge in [-0.05, 0) is 68.8 Å². The van der Waals surface area contributed by atoms with Crippen molar-refractivity contribution in [1.82, 2.24) is 16.0 Å². The van der Waals surface area contributed by atoms with E-state index in [1.165, 1.54) is 51.9 Å². The third kappa shape index (κ3) is 7.92. The van der Waals surface area contributed by atoms with Crippen LogP contribution in [0.4, 0.5) is 0 Å². The first-order chi connectivity index (χ1) is 24.3. The molecule has 0 bridgehead atoms. The maximum atomic E-state index is 13.9. The van der Waals surface area contributed by atoms with Gasteiger partial charge in [0.15, 0.2) is 0 Å². The molecule has 0 fully saturated rings. The largest absolute Gasteiger partial charge is 0.467 e. The van der Waals surface area contributed by atoms with E-state index < -0.39 is 35.9 Å². The highest BCUT2D eigenvalue weighted by atomic mass is 16.5. The van der Waals surface area contributed by atoms with Gasteiger partial charge in [-0.2, -0.15) is 0 Å². The van der Waals surface area contributed by atoms with Crippen LogP contribution >= 0.6 is 0 Å².